The fraction of sp³-hybridized carbons (Fsp3) is 0.364. The van der Waals surface area contributed by atoms with E-state index >= 15 is 0 Å². The average Bonchev–Trinajstić information content (AvgIpc) is 3.13. The largest absolute Gasteiger partial charge is 0.316 e. The molecule has 1 aliphatic rings. The van der Waals surface area contributed by atoms with E-state index in [2.05, 4.69) is 4.99 Å². The van der Waals surface area contributed by atoms with E-state index in [1.54, 1.807) is 17.8 Å². The van der Waals surface area contributed by atoms with Gasteiger partial charge in [-0.3, -0.25) is 4.79 Å². The zero-order valence-electron chi connectivity index (χ0n) is 17.9. The number of thiazole rings is 1. The van der Waals surface area contributed by atoms with Crippen LogP contribution in [0.4, 0.5) is 4.39 Å². The third-order valence-electron chi connectivity index (χ3n) is 5.55. The lowest BCUT2D eigenvalue weighted by Gasteiger charge is -2.30. The van der Waals surface area contributed by atoms with Gasteiger partial charge in [-0.15, -0.1) is 0 Å². The fourth-order valence-electron chi connectivity index (χ4n) is 3.83. The van der Waals surface area contributed by atoms with Crippen molar-refractivity contribution in [2.24, 2.45) is 10.9 Å². The predicted octanol–water partition coefficient (Wildman–Crippen LogP) is 4.39. The minimum atomic E-state index is -3.73. The van der Waals surface area contributed by atoms with Gasteiger partial charge in [0.2, 0.25) is 10.0 Å². The summed E-state index contributed by atoms with van der Waals surface area (Å²) in [6.45, 7) is 1.07. The maximum Gasteiger partial charge on any atom is 0.252 e. The summed E-state index contributed by atoms with van der Waals surface area (Å²) in [5.41, 5.74) is 0.831. The van der Waals surface area contributed by atoms with Crippen LogP contribution >= 0.6 is 34.7 Å². The van der Waals surface area contributed by atoms with Gasteiger partial charge in [-0.25, -0.2) is 12.8 Å². The van der Waals surface area contributed by atoms with Crippen LogP contribution in [-0.4, -0.2) is 48.3 Å². The van der Waals surface area contributed by atoms with E-state index in [1.165, 1.54) is 52.0 Å². The summed E-state index contributed by atoms with van der Waals surface area (Å²) in [5.74, 6) is -0.400. The van der Waals surface area contributed by atoms with Crippen LogP contribution in [0.5, 0.6) is 0 Å². The Balaban J connectivity index is 1.62. The Hall–Kier alpha value is -1.72. The highest BCUT2D eigenvalue weighted by atomic mass is 35.5. The van der Waals surface area contributed by atoms with Crippen molar-refractivity contribution in [2.45, 2.75) is 24.3 Å². The van der Waals surface area contributed by atoms with E-state index in [-0.39, 0.29) is 23.2 Å². The number of fused-ring (bicyclic) bond motifs is 1. The summed E-state index contributed by atoms with van der Waals surface area (Å²) < 4.78 is 43.8. The molecule has 1 amide bonds. The number of carbonyl (C=O) groups excluding carboxylic acids is 1. The zero-order valence-corrected chi connectivity index (χ0v) is 21.1. The van der Waals surface area contributed by atoms with E-state index in [4.69, 9.17) is 11.6 Å². The summed E-state index contributed by atoms with van der Waals surface area (Å²) in [7, 11) is -3.73. The second kappa shape index (κ2) is 10.3. The highest BCUT2D eigenvalue weighted by molar-refractivity contribution is 7.98. The Kier molecular flexibility index (Phi) is 7.59. The maximum atomic E-state index is 13.7. The minimum Gasteiger partial charge on any atom is -0.316 e. The Morgan fingerprint density at radius 2 is 2.03 bits per heavy atom. The molecule has 4 rings (SSSR count). The van der Waals surface area contributed by atoms with Gasteiger partial charge in [0, 0.05) is 30.4 Å². The number of halogens is 2. The molecule has 0 saturated carbocycles. The lowest BCUT2D eigenvalue weighted by Crippen LogP contribution is -2.42. The average molecular weight is 528 g/mol. The van der Waals surface area contributed by atoms with E-state index in [0.717, 1.165) is 16.0 Å². The lowest BCUT2D eigenvalue weighted by atomic mass is 9.99. The molecule has 2 heterocycles. The Bertz CT molecular complexity index is 1340. The van der Waals surface area contributed by atoms with Crippen molar-refractivity contribution in [3.8, 4) is 0 Å². The van der Waals surface area contributed by atoms with Crippen LogP contribution in [0.1, 0.15) is 12.8 Å². The van der Waals surface area contributed by atoms with E-state index in [1.807, 2.05) is 10.8 Å². The normalized spacial score (nSPS) is 18.2. The number of nitrogens with zero attached hydrogens (tertiary/aromatic N) is 3. The zero-order chi connectivity index (χ0) is 23.6. The van der Waals surface area contributed by atoms with Crippen molar-refractivity contribution in [3.05, 3.63) is 58.1 Å². The topological polar surface area (TPSA) is 71.7 Å². The van der Waals surface area contributed by atoms with Crippen molar-refractivity contribution < 1.29 is 17.6 Å². The third kappa shape index (κ3) is 5.35. The van der Waals surface area contributed by atoms with Crippen LogP contribution in [0.2, 0.25) is 5.02 Å². The number of thioether (sulfide) groups is 1. The van der Waals surface area contributed by atoms with Crippen LogP contribution < -0.4 is 4.80 Å². The molecule has 1 aromatic heterocycles. The monoisotopic (exact) mass is 527 g/mol. The second-order valence-electron chi connectivity index (χ2n) is 7.75. The quantitative estimate of drug-likeness (QED) is 0.477. The predicted molar refractivity (Wildman–Crippen MR) is 132 cm³/mol. The third-order valence-corrected chi connectivity index (χ3v) is 9.32. The summed E-state index contributed by atoms with van der Waals surface area (Å²) >= 11 is 8.82. The van der Waals surface area contributed by atoms with Gasteiger partial charge in [-0.1, -0.05) is 22.9 Å². The van der Waals surface area contributed by atoms with E-state index < -0.39 is 15.9 Å². The number of sulfonamides is 1. The highest BCUT2D eigenvalue weighted by Gasteiger charge is 2.33. The number of rotatable bonds is 6. The SMILES string of the molecule is CSCCn1c(=NC(=O)C2CCCN(S(=O)(=O)c3ccc(Cl)cc3)C2)sc2cc(F)ccc21. The molecule has 1 atom stereocenters. The molecule has 0 radical (unpaired) electrons. The second-order valence-corrected chi connectivity index (χ2v) is 12.1. The molecule has 1 saturated heterocycles. The van der Waals surface area contributed by atoms with Gasteiger partial charge in [0.25, 0.3) is 5.91 Å². The molecule has 1 aliphatic heterocycles. The van der Waals surface area contributed by atoms with Gasteiger partial charge in [-0.2, -0.15) is 21.1 Å². The van der Waals surface area contributed by atoms with Crippen molar-refractivity contribution in [1.82, 2.24) is 8.87 Å². The standard InChI is InChI=1S/C22H23ClFN3O3S3/c1-31-12-11-27-19-9-6-17(24)13-20(19)32-22(27)25-21(28)15-3-2-10-26(14-15)33(29,30)18-7-4-16(23)5-8-18/h4-9,13,15H,2-3,10-12,14H2,1H3. The lowest BCUT2D eigenvalue weighted by molar-refractivity contribution is -0.122. The molecule has 176 valence electrons. The minimum absolute atomic E-state index is 0.0810. The Morgan fingerprint density at radius 1 is 1.27 bits per heavy atom. The van der Waals surface area contributed by atoms with Crippen LogP contribution in [-0.2, 0) is 21.4 Å². The van der Waals surface area contributed by atoms with Crippen molar-refractivity contribution in [1.29, 1.82) is 0 Å². The summed E-state index contributed by atoms with van der Waals surface area (Å²) in [4.78, 5) is 18.1. The molecule has 0 N–H and O–H groups in total. The number of amides is 1. The van der Waals surface area contributed by atoms with Crippen molar-refractivity contribution in [2.75, 3.05) is 25.1 Å². The van der Waals surface area contributed by atoms with Gasteiger partial charge in [0.1, 0.15) is 5.82 Å². The van der Waals surface area contributed by atoms with Gasteiger partial charge in [-0.05, 0) is 61.6 Å². The molecular formula is C22H23ClFN3O3S3. The summed E-state index contributed by atoms with van der Waals surface area (Å²) in [6.07, 6.45) is 3.14. The molecule has 11 heteroatoms. The maximum absolute atomic E-state index is 13.7. The first kappa shape index (κ1) is 24.4. The Morgan fingerprint density at radius 3 is 2.76 bits per heavy atom. The molecule has 0 aliphatic carbocycles. The van der Waals surface area contributed by atoms with E-state index in [9.17, 15) is 17.6 Å². The number of piperidine rings is 1. The molecule has 1 fully saturated rings. The number of aryl methyl sites for hydroxylation is 1. The van der Waals surface area contributed by atoms with Gasteiger partial charge in [0.05, 0.1) is 21.0 Å². The molecule has 33 heavy (non-hydrogen) atoms. The first-order valence-corrected chi connectivity index (χ1v) is 14.4. The first-order chi connectivity index (χ1) is 15.8. The highest BCUT2D eigenvalue weighted by Crippen LogP contribution is 2.26. The molecule has 1 unspecified atom stereocenters. The van der Waals surface area contributed by atoms with Crippen LogP contribution in [0, 0.1) is 11.7 Å². The van der Waals surface area contributed by atoms with Gasteiger partial charge in [0.15, 0.2) is 4.80 Å². The number of aromatic nitrogens is 1. The first-order valence-electron chi connectivity index (χ1n) is 10.4. The molecule has 6 nitrogen and oxygen atoms in total. The number of carbonyl (C=O) groups is 1. The number of hydrogen-bond donors (Lipinski definition) is 0. The summed E-state index contributed by atoms with van der Waals surface area (Å²) in [6, 6.07) is 10.6. The number of hydrogen-bond acceptors (Lipinski definition) is 5. The molecular weight excluding hydrogens is 505 g/mol. The van der Waals surface area contributed by atoms with Crippen molar-refractivity contribution in [3.63, 3.8) is 0 Å². The molecule has 0 bridgehead atoms. The molecule has 3 aromatic rings. The van der Waals surface area contributed by atoms with Crippen LogP contribution in [0.15, 0.2) is 52.4 Å². The van der Waals surface area contributed by atoms with Crippen LogP contribution in [0.25, 0.3) is 10.2 Å². The van der Waals surface area contributed by atoms with E-state index in [0.29, 0.717) is 35.8 Å². The van der Waals surface area contributed by atoms with Crippen molar-refractivity contribution >= 4 is 60.8 Å². The fourth-order valence-corrected chi connectivity index (χ4v) is 6.94. The molecule has 2 aromatic carbocycles. The Labute approximate surface area is 205 Å². The molecule has 0 spiro atoms. The van der Waals surface area contributed by atoms with Gasteiger partial charge < -0.3 is 4.57 Å². The summed E-state index contributed by atoms with van der Waals surface area (Å²) in [5, 5.41) is 0.456. The van der Waals surface area contributed by atoms with Crippen LogP contribution in [0.3, 0.4) is 0 Å². The number of benzene rings is 2. The smallest absolute Gasteiger partial charge is 0.252 e. The van der Waals surface area contributed by atoms with Gasteiger partial charge >= 0.3 is 0 Å².